The van der Waals surface area contributed by atoms with Crippen LogP contribution in [0.3, 0.4) is 0 Å². The van der Waals surface area contributed by atoms with Crippen LogP contribution in [0.5, 0.6) is 5.75 Å². The second-order valence-electron chi connectivity index (χ2n) is 5.26. The Balaban J connectivity index is 2.66. The third-order valence-electron chi connectivity index (χ3n) is 2.49. The highest BCUT2D eigenvalue weighted by Gasteiger charge is 2.30. The molecule has 0 aliphatic rings. The molecule has 1 N–H and O–H groups in total. The monoisotopic (exact) mass is 249 g/mol. The van der Waals surface area contributed by atoms with Crippen LogP contribution < -0.4 is 10.1 Å². The lowest BCUT2D eigenvalue weighted by Gasteiger charge is -2.28. The summed E-state index contributed by atoms with van der Waals surface area (Å²) in [6.45, 7) is 7.13. The van der Waals surface area contributed by atoms with E-state index in [0.29, 0.717) is 5.75 Å². The average molecular weight is 249 g/mol. The Bertz CT molecular complexity index is 420. The normalized spacial score (nSPS) is 12.7. The van der Waals surface area contributed by atoms with Gasteiger partial charge in [0.1, 0.15) is 5.75 Å². The summed E-state index contributed by atoms with van der Waals surface area (Å²) in [5, 5.41) is 2.59. The summed E-state index contributed by atoms with van der Waals surface area (Å²) in [6, 6.07) is 8.18. The third-order valence-corrected chi connectivity index (χ3v) is 2.49. The van der Waals surface area contributed by atoms with Crippen molar-refractivity contribution in [1.82, 2.24) is 5.32 Å². The van der Waals surface area contributed by atoms with Crippen molar-refractivity contribution in [2.75, 3.05) is 0 Å². The number of rotatable bonds is 3. The van der Waals surface area contributed by atoms with E-state index in [4.69, 9.17) is 4.74 Å². The van der Waals surface area contributed by atoms with E-state index in [9.17, 15) is 9.59 Å². The maximum absolute atomic E-state index is 11.7. The molecule has 98 valence electrons. The minimum absolute atomic E-state index is 0.0903. The Morgan fingerprint density at radius 3 is 2.17 bits per heavy atom. The van der Waals surface area contributed by atoms with Gasteiger partial charge in [-0.05, 0) is 24.5 Å². The van der Waals surface area contributed by atoms with Gasteiger partial charge in [-0.25, -0.2) is 4.79 Å². The van der Waals surface area contributed by atoms with Crippen molar-refractivity contribution in [3.63, 3.8) is 0 Å². The van der Waals surface area contributed by atoms with Crippen molar-refractivity contribution >= 4 is 11.9 Å². The first-order chi connectivity index (χ1) is 8.30. The van der Waals surface area contributed by atoms with Gasteiger partial charge < -0.3 is 10.1 Å². The summed E-state index contributed by atoms with van der Waals surface area (Å²) < 4.78 is 5.09. The number of nitrogens with one attached hydrogen (secondary N) is 1. The number of carbonyl (C=O) groups is 2. The van der Waals surface area contributed by atoms with Gasteiger partial charge >= 0.3 is 6.09 Å². The Kier molecular flexibility index (Phi) is 4.48. The Hall–Kier alpha value is -1.84. The molecular weight excluding hydrogens is 230 g/mol. The fraction of sp³-hybridized carbons (Fsp3) is 0.429. The van der Waals surface area contributed by atoms with Gasteiger partial charge in [0.05, 0.1) is 6.04 Å². The van der Waals surface area contributed by atoms with Crippen molar-refractivity contribution in [3.8, 4) is 5.75 Å². The number of amides is 1. The average Bonchev–Trinajstić information content (AvgIpc) is 2.25. The first-order valence-corrected chi connectivity index (χ1v) is 5.84. The van der Waals surface area contributed by atoms with Gasteiger partial charge in [0.25, 0.3) is 0 Å². The van der Waals surface area contributed by atoms with Gasteiger partial charge in [-0.1, -0.05) is 39.0 Å². The molecule has 0 spiro atoms. The zero-order valence-electron chi connectivity index (χ0n) is 11.2. The molecule has 1 rings (SSSR count). The Labute approximate surface area is 107 Å². The molecule has 4 nitrogen and oxygen atoms in total. The van der Waals surface area contributed by atoms with Crippen molar-refractivity contribution in [2.45, 2.75) is 33.7 Å². The molecular formula is C14H19NO3. The molecule has 0 aromatic heterocycles. The van der Waals surface area contributed by atoms with E-state index in [-0.39, 0.29) is 11.2 Å². The standard InChI is InChI=1S/C14H19NO3/c1-10(16)12(14(2,3)4)15-13(17)18-11-8-6-5-7-9-11/h5-9,12H,1-4H3,(H,15,17)/t12-/m1/s1. The molecule has 0 aliphatic heterocycles. The largest absolute Gasteiger partial charge is 0.413 e. The summed E-state index contributed by atoms with van der Waals surface area (Å²) in [7, 11) is 0. The zero-order chi connectivity index (χ0) is 13.8. The lowest BCUT2D eigenvalue weighted by molar-refractivity contribution is -0.121. The summed E-state index contributed by atoms with van der Waals surface area (Å²) in [5.41, 5.74) is -0.346. The second-order valence-corrected chi connectivity index (χ2v) is 5.26. The van der Waals surface area contributed by atoms with E-state index in [2.05, 4.69) is 5.32 Å². The van der Waals surface area contributed by atoms with Gasteiger partial charge in [-0.15, -0.1) is 0 Å². The molecule has 4 heteroatoms. The fourth-order valence-corrected chi connectivity index (χ4v) is 1.67. The second kappa shape index (κ2) is 5.67. The molecule has 18 heavy (non-hydrogen) atoms. The molecule has 0 unspecified atom stereocenters. The van der Waals surface area contributed by atoms with Crippen LogP contribution in [-0.2, 0) is 4.79 Å². The molecule has 1 aromatic carbocycles. The summed E-state index contributed by atoms with van der Waals surface area (Å²) >= 11 is 0. The number of Topliss-reactive ketones (excluding diaryl/α,β-unsaturated/α-hetero) is 1. The summed E-state index contributed by atoms with van der Waals surface area (Å²) in [6.07, 6.45) is -0.615. The van der Waals surface area contributed by atoms with Gasteiger partial charge in [0.2, 0.25) is 0 Å². The smallest absolute Gasteiger partial charge is 0.410 e. The molecule has 1 aromatic rings. The minimum atomic E-state index is -0.615. The quantitative estimate of drug-likeness (QED) is 0.896. The van der Waals surface area contributed by atoms with Gasteiger partial charge in [-0.2, -0.15) is 0 Å². The maximum Gasteiger partial charge on any atom is 0.413 e. The molecule has 0 bridgehead atoms. The van der Waals surface area contributed by atoms with Crippen LogP contribution in [-0.4, -0.2) is 17.9 Å². The summed E-state index contributed by atoms with van der Waals surface area (Å²) in [4.78, 5) is 23.2. The van der Waals surface area contributed by atoms with Crippen LogP contribution in [0.4, 0.5) is 4.79 Å². The topological polar surface area (TPSA) is 55.4 Å². The molecule has 0 saturated heterocycles. The minimum Gasteiger partial charge on any atom is -0.410 e. The number of ether oxygens (including phenoxy) is 1. The van der Waals surface area contributed by atoms with Crippen LogP contribution in [0.15, 0.2) is 30.3 Å². The van der Waals surface area contributed by atoms with E-state index in [1.165, 1.54) is 6.92 Å². The number of carbonyl (C=O) groups excluding carboxylic acids is 2. The van der Waals surface area contributed by atoms with E-state index in [1.54, 1.807) is 24.3 Å². The molecule has 0 aliphatic carbocycles. The van der Waals surface area contributed by atoms with Crippen LogP contribution in [0.1, 0.15) is 27.7 Å². The van der Waals surface area contributed by atoms with Crippen LogP contribution >= 0.6 is 0 Å². The predicted octanol–water partition coefficient (Wildman–Crippen LogP) is 2.78. The number of ketones is 1. The molecule has 1 atom stereocenters. The van der Waals surface area contributed by atoms with Crippen LogP contribution in [0, 0.1) is 5.41 Å². The molecule has 0 radical (unpaired) electrons. The highest BCUT2D eigenvalue weighted by molar-refractivity contribution is 5.86. The number of benzene rings is 1. The van der Waals surface area contributed by atoms with Crippen molar-refractivity contribution < 1.29 is 14.3 Å². The van der Waals surface area contributed by atoms with Crippen LogP contribution in [0.25, 0.3) is 0 Å². The highest BCUT2D eigenvalue weighted by atomic mass is 16.6. The number of hydrogen-bond donors (Lipinski definition) is 1. The lowest BCUT2D eigenvalue weighted by atomic mass is 9.85. The fourth-order valence-electron chi connectivity index (χ4n) is 1.67. The third kappa shape index (κ3) is 4.20. The molecule has 0 fully saturated rings. The van der Waals surface area contributed by atoms with Gasteiger partial charge in [0, 0.05) is 0 Å². The molecule has 0 heterocycles. The first-order valence-electron chi connectivity index (χ1n) is 5.84. The molecule has 0 saturated carbocycles. The zero-order valence-corrected chi connectivity index (χ0v) is 11.2. The lowest BCUT2D eigenvalue weighted by Crippen LogP contribution is -2.49. The Morgan fingerprint density at radius 1 is 1.17 bits per heavy atom. The predicted molar refractivity (Wildman–Crippen MR) is 69.5 cm³/mol. The SMILES string of the molecule is CC(=O)[C@@H](NC(=O)Oc1ccccc1)C(C)(C)C. The molecule has 1 amide bonds. The maximum atomic E-state index is 11.7. The van der Waals surface area contributed by atoms with E-state index in [1.807, 2.05) is 26.8 Å². The van der Waals surface area contributed by atoms with Gasteiger partial charge in [-0.3, -0.25) is 4.79 Å². The van der Waals surface area contributed by atoms with Gasteiger partial charge in [0.15, 0.2) is 5.78 Å². The van der Waals surface area contributed by atoms with Crippen molar-refractivity contribution in [1.29, 1.82) is 0 Å². The van der Waals surface area contributed by atoms with E-state index < -0.39 is 12.1 Å². The van der Waals surface area contributed by atoms with E-state index in [0.717, 1.165) is 0 Å². The summed E-state index contributed by atoms with van der Waals surface area (Å²) in [5.74, 6) is 0.360. The first kappa shape index (κ1) is 14.2. The van der Waals surface area contributed by atoms with Crippen molar-refractivity contribution in [3.05, 3.63) is 30.3 Å². The Morgan fingerprint density at radius 2 is 1.72 bits per heavy atom. The number of hydrogen-bond acceptors (Lipinski definition) is 3. The highest BCUT2D eigenvalue weighted by Crippen LogP contribution is 2.20. The van der Waals surface area contributed by atoms with E-state index >= 15 is 0 Å². The van der Waals surface area contributed by atoms with Crippen molar-refractivity contribution in [2.24, 2.45) is 5.41 Å². The van der Waals surface area contributed by atoms with Crippen LogP contribution in [0.2, 0.25) is 0 Å². The number of para-hydroxylation sites is 1.